The van der Waals surface area contributed by atoms with Gasteiger partial charge in [-0.25, -0.2) is 23.1 Å². The van der Waals surface area contributed by atoms with Gasteiger partial charge >= 0.3 is 5.97 Å². The van der Waals surface area contributed by atoms with Gasteiger partial charge in [0.1, 0.15) is 23.5 Å². The zero-order chi connectivity index (χ0) is 49.9. The van der Waals surface area contributed by atoms with E-state index < -0.39 is 23.7 Å². The van der Waals surface area contributed by atoms with Crippen LogP contribution in [0.1, 0.15) is 72.2 Å². The summed E-state index contributed by atoms with van der Waals surface area (Å²) >= 11 is 0. The fourth-order valence-electron chi connectivity index (χ4n) is 10.1. The highest BCUT2D eigenvalue weighted by molar-refractivity contribution is 6.01. The molecular formula is C51H51F2N13O6. The number of likely N-dealkylation sites (tertiary alicyclic amines) is 2. The molecule has 0 spiro atoms. The van der Waals surface area contributed by atoms with Crippen LogP contribution in [0.5, 0.6) is 0 Å². The summed E-state index contributed by atoms with van der Waals surface area (Å²) < 4.78 is 36.7. The molecular weight excluding hydrogens is 929 g/mol. The lowest BCUT2D eigenvalue weighted by molar-refractivity contribution is -0.135. The molecule has 6 aromatic rings. The number of nitrogens with zero attached hydrogens (tertiary/aromatic N) is 11. The van der Waals surface area contributed by atoms with Crippen molar-refractivity contribution in [3.05, 3.63) is 114 Å². The number of piperazine rings is 1. The quantitative estimate of drug-likeness (QED) is 0.0965. The summed E-state index contributed by atoms with van der Waals surface area (Å²) in [6.07, 6.45) is 13.4. The minimum Gasteiger partial charge on any atom is -0.374 e. The van der Waals surface area contributed by atoms with Crippen LogP contribution >= 0.6 is 0 Å². The standard InChI is InChI=1S/C51H51F2N13O6/c52-36-2-3-37(55-27-36)23-48(68)64-19-17-62(18-20-64)46-7-1-33(25-56-46)41-21-34(28-66-45(41)24-44(60-66)51(71)72-31-54)35-26-57-65(29-35)39-11-15-63(16-12-39)49(69)30-61-13-9-32(10-14-61)40-5-4-38(22-42(40)53)58-43-6-8-47(67)59-50(43)70/h1-5,7,21-22,24-29,32,39,43,58H,6,8-20,23,30H2,(H,59,67,70). The average Bonchev–Trinajstić information content (AvgIpc) is 4.07. The number of halogens is 2. The first kappa shape index (κ1) is 47.6. The third kappa shape index (κ3) is 10.5. The summed E-state index contributed by atoms with van der Waals surface area (Å²) in [6.45, 7) is 4.92. The number of hydrogen-bond acceptors (Lipinski definition) is 14. The number of esters is 1. The van der Waals surface area contributed by atoms with E-state index in [-0.39, 0.29) is 54.0 Å². The molecule has 4 aliphatic heterocycles. The first-order chi connectivity index (χ1) is 34.9. The number of imide groups is 1. The number of hydrogen-bond donors (Lipinski definition) is 2. The van der Waals surface area contributed by atoms with Gasteiger partial charge in [0.05, 0.1) is 36.9 Å². The van der Waals surface area contributed by atoms with Crippen molar-refractivity contribution in [2.75, 3.05) is 69.1 Å². The third-order valence-corrected chi connectivity index (χ3v) is 14.1. The zero-order valence-electron chi connectivity index (χ0n) is 39.3. The fraction of sp³-hybridized carbons (Fsp3) is 0.373. The highest BCUT2D eigenvalue weighted by Gasteiger charge is 2.31. The van der Waals surface area contributed by atoms with Gasteiger partial charge in [-0.15, -0.1) is 5.26 Å². The zero-order valence-corrected chi connectivity index (χ0v) is 39.3. The van der Waals surface area contributed by atoms with Gasteiger partial charge in [0.25, 0.3) is 6.26 Å². The fourth-order valence-corrected chi connectivity index (χ4v) is 10.1. The van der Waals surface area contributed by atoms with Crippen molar-refractivity contribution < 1.29 is 37.5 Å². The molecule has 4 saturated heterocycles. The van der Waals surface area contributed by atoms with Crippen molar-refractivity contribution in [1.29, 1.82) is 5.26 Å². The van der Waals surface area contributed by atoms with E-state index in [1.54, 1.807) is 46.2 Å². The molecule has 4 fully saturated rings. The van der Waals surface area contributed by atoms with Gasteiger partial charge in [-0.2, -0.15) is 10.2 Å². The van der Waals surface area contributed by atoms with Crippen LogP contribution in [0.25, 0.3) is 27.8 Å². The van der Waals surface area contributed by atoms with Gasteiger partial charge in [0, 0.05) is 97.9 Å². The smallest absolute Gasteiger partial charge is 0.374 e. The van der Waals surface area contributed by atoms with E-state index in [0.717, 1.165) is 34.3 Å². The maximum absolute atomic E-state index is 15.3. The first-order valence-electron chi connectivity index (χ1n) is 24.1. The van der Waals surface area contributed by atoms with E-state index in [2.05, 4.69) is 35.3 Å². The van der Waals surface area contributed by atoms with Crippen LogP contribution in [-0.4, -0.2) is 139 Å². The number of rotatable bonds is 12. The number of ether oxygens (including phenoxy) is 1. The molecule has 1 unspecified atom stereocenters. The molecule has 2 N–H and O–H groups in total. The average molecular weight is 980 g/mol. The Bertz CT molecular complexity index is 3060. The van der Waals surface area contributed by atoms with Gasteiger partial charge in [-0.1, -0.05) is 6.07 Å². The first-order valence-corrected chi connectivity index (χ1v) is 24.1. The molecule has 1 atom stereocenters. The third-order valence-electron chi connectivity index (χ3n) is 14.1. The summed E-state index contributed by atoms with van der Waals surface area (Å²) in [5, 5.41) is 23.6. The number of pyridine rings is 3. The van der Waals surface area contributed by atoms with E-state index in [0.29, 0.717) is 113 Å². The van der Waals surface area contributed by atoms with Crippen molar-refractivity contribution >= 4 is 46.6 Å². The Morgan fingerprint density at radius 3 is 2.29 bits per heavy atom. The normalized spacial score (nSPS) is 18.2. The van der Waals surface area contributed by atoms with Crippen molar-refractivity contribution in [1.82, 2.24) is 49.4 Å². The van der Waals surface area contributed by atoms with Gasteiger partial charge in [0.15, 0.2) is 5.69 Å². The minimum atomic E-state index is -0.880. The Labute approximate surface area is 412 Å². The Morgan fingerprint density at radius 1 is 0.792 bits per heavy atom. The SMILES string of the molecule is N#COC(=O)c1cc2c(-c3ccc(N4CCN(C(=O)Cc5ccc(F)cn5)CC4)nc3)cc(-c3cnn(C4CCN(C(=O)CN5CCC(c6ccc(NC7CCC(=O)NC7=O)cc6F)CC5)CC4)c3)cn2n1. The van der Waals surface area contributed by atoms with Crippen LogP contribution < -0.4 is 15.5 Å². The molecule has 1 aromatic carbocycles. The van der Waals surface area contributed by atoms with Crippen LogP contribution in [0, 0.1) is 23.2 Å². The van der Waals surface area contributed by atoms with E-state index in [1.807, 2.05) is 34.0 Å². The molecule has 0 aliphatic carbocycles. The summed E-state index contributed by atoms with van der Waals surface area (Å²) in [7, 11) is 0. The van der Waals surface area contributed by atoms with Crippen LogP contribution in [0.4, 0.5) is 20.3 Å². The topological polar surface area (TPSA) is 216 Å². The lowest BCUT2D eigenvalue weighted by atomic mass is 9.89. The summed E-state index contributed by atoms with van der Waals surface area (Å²) in [4.78, 5) is 79.5. The molecule has 4 amide bonds. The van der Waals surface area contributed by atoms with Crippen molar-refractivity contribution in [3.63, 3.8) is 0 Å². The van der Waals surface area contributed by atoms with Crippen molar-refractivity contribution in [2.45, 2.75) is 62.9 Å². The summed E-state index contributed by atoms with van der Waals surface area (Å²) in [5.41, 5.74) is 5.24. The molecule has 19 nitrogen and oxygen atoms in total. The molecule has 0 radical (unpaired) electrons. The molecule has 370 valence electrons. The predicted octanol–water partition coefficient (Wildman–Crippen LogP) is 4.72. The predicted molar refractivity (Wildman–Crippen MR) is 257 cm³/mol. The van der Waals surface area contributed by atoms with Gasteiger partial charge < -0.3 is 24.8 Å². The van der Waals surface area contributed by atoms with Crippen molar-refractivity contribution in [2.24, 2.45) is 0 Å². The lowest BCUT2D eigenvalue weighted by Crippen LogP contribution is -2.49. The number of piperidine rings is 3. The van der Waals surface area contributed by atoms with E-state index in [1.165, 1.54) is 24.5 Å². The Hall–Kier alpha value is -8.12. The largest absolute Gasteiger partial charge is 0.374 e. The Morgan fingerprint density at radius 2 is 1.58 bits per heavy atom. The number of aromatic nitrogens is 6. The number of nitriles is 1. The number of carbonyl (C=O) groups is 5. The van der Waals surface area contributed by atoms with E-state index >= 15 is 4.39 Å². The summed E-state index contributed by atoms with van der Waals surface area (Å²) in [5.74, 6) is -1.65. The minimum absolute atomic E-state index is 0.0122. The number of benzene rings is 1. The number of carbonyl (C=O) groups excluding carboxylic acids is 5. The van der Waals surface area contributed by atoms with E-state index in [4.69, 9.17) is 15.3 Å². The number of amides is 4. The lowest BCUT2D eigenvalue weighted by Gasteiger charge is -2.36. The number of nitrogens with one attached hydrogen (secondary N) is 2. The summed E-state index contributed by atoms with van der Waals surface area (Å²) in [6, 6.07) is 14.6. The molecule has 72 heavy (non-hydrogen) atoms. The van der Waals surface area contributed by atoms with Crippen LogP contribution in [0.15, 0.2) is 85.6 Å². The highest BCUT2D eigenvalue weighted by atomic mass is 19.1. The second-order valence-corrected chi connectivity index (χ2v) is 18.7. The molecule has 21 heteroatoms. The van der Waals surface area contributed by atoms with E-state index in [9.17, 15) is 28.4 Å². The monoisotopic (exact) mass is 979 g/mol. The van der Waals surface area contributed by atoms with Gasteiger partial charge in [0.2, 0.25) is 23.6 Å². The Balaban J connectivity index is 0.744. The van der Waals surface area contributed by atoms with Crippen LogP contribution in [-0.2, 0) is 30.3 Å². The van der Waals surface area contributed by atoms with Crippen LogP contribution in [0.3, 0.4) is 0 Å². The Kier molecular flexibility index (Phi) is 13.7. The maximum atomic E-state index is 15.3. The number of fused-ring (bicyclic) bond motifs is 1. The second-order valence-electron chi connectivity index (χ2n) is 18.7. The second kappa shape index (κ2) is 20.7. The van der Waals surface area contributed by atoms with Gasteiger partial charge in [-0.3, -0.25) is 39.1 Å². The molecule has 4 aliphatic rings. The van der Waals surface area contributed by atoms with Crippen molar-refractivity contribution in [3.8, 4) is 28.5 Å². The van der Waals surface area contributed by atoms with Gasteiger partial charge in [-0.05, 0) is 105 Å². The molecule has 9 heterocycles. The highest BCUT2D eigenvalue weighted by Crippen LogP contribution is 2.34. The molecule has 0 saturated carbocycles. The molecule has 10 rings (SSSR count). The maximum Gasteiger partial charge on any atom is 0.374 e. The molecule has 5 aromatic heterocycles. The molecule has 0 bridgehead atoms. The number of anilines is 2. The van der Waals surface area contributed by atoms with Crippen LogP contribution in [0.2, 0.25) is 0 Å².